The van der Waals surface area contributed by atoms with E-state index in [0.29, 0.717) is 4.83 Å². The second-order valence-corrected chi connectivity index (χ2v) is 5.46. The van der Waals surface area contributed by atoms with Crippen LogP contribution in [0.1, 0.15) is 19.8 Å². The van der Waals surface area contributed by atoms with E-state index >= 15 is 0 Å². The summed E-state index contributed by atoms with van der Waals surface area (Å²) in [6, 6.07) is 0. The van der Waals surface area contributed by atoms with Gasteiger partial charge in [0, 0.05) is 4.83 Å². The van der Waals surface area contributed by atoms with Crippen LogP contribution in [0.25, 0.3) is 0 Å². The SMILES string of the molecule is CC(Br)CCC1NC(=O)C(=O)S1. The van der Waals surface area contributed by atoms with E-state index in [-0.39, 0.29) is 10.5 Å². The minimum Gasteiger partial charge on any atom is -0.336 e. The number of carbonyl (C=O) groups excluding carboxylic acids is 2. The molecule has 1 aliphatic rings. The summed E-state index contributed by atoms with van der Waals surface area (Å²) in [7, 11) is 0. The van der Waals surface area contributed by atoms with Crippen molar-refractivity contribution in [2.75, 3.05) is 0 Å². The summed E-state index contributed by atoms with van der Waals surface area (Å²) >= 11 is 4.50. The molecule has 5 heteroatoms. The first kappa shape index (κ1) is 10.1. The number of amides is 1. The average Bonchev–Trinajstić information content (AvgIpc) is 2.28. The first-order valence-corrected chi connectivity index (χ1v) is 5.54. The predicted octanol–water partition coefficient (Wildman–Crippen LogP) is 1.27. The maximum absolute atomic E-state index is 10.8. The number of hydrogen-bond acceptors (Lipinski definition) is 3. The van der Waals surface area contributed by atoms with Gasteiger partial charge in [0.2, 0.25) is 0 Å². The van der Waals surface area contributed by atoms with Gasteiger partial charge in [-0.3, -0.25) is 9.59 Å². The van der Waals surface area contributed by atoms with Crippen LogP contribution in [0.5, 0.6) is 0 Å². The Balaban J connectivity index is 2.28. The second kappa shape index (κ2) is 4.28. The summed E-state index contributed by atoms with van der Waals surface area (Å²) in [5, 5.41) is 2.24. The lowest BCUT2D eigenvalue weighted by atomic mass is 10.2. The second-order valence-electron chi connectivity index (χ2n) is 2.73. The van der Waals surface area contributed by atoms with Gasteiger partial charge in [0.1, 0.15) is 0 Å². The smallest absolute Gasteiger partial charge is 0.299 e. The fourth-order valence-corrected chi connectivity index (χ4v) is 2.04. The van der Waals surface area contributed by atoms with Crippen LogP contribution in [0.2, 0.25) is 0 Å². The summed E-state index contributed by atoms with van der Waals surface area (Å²) in [6.45, 7) is 2.04. The van der Waals surface area contributed by atoms with E-state index in [0.717, 1.165) is 24.6 Å². The number of hydrogen-bond donors (Lipinski definition) is 1. The van der Waals surface area contributed by atoms with Gasteiger partial charge >= 0.3 is 0 Å². The minimum absolute atomic E-state index is 0.00926. The lowest BCUT2D eigenvalue weighted by Gasteiger charge is -2.08. The molecular formula is C7H10BrNO2S. The Bertz CT molecular complexity index is 192. The zero-order valence-corrected chi connectivity index (χ0v) is 9.07. The Morgan fingerprint density at radius 3 is 2.75 bits per heavy atom. The Labute approximate surface area is 83.8 Å². The fraction of sp³-hybridized carbons (Fsp3) is 0.714. The van der Waals surface area contributed by atoms with Crippen LogP contribution < -0.4 is 5.32 Å². The van der Waals surface area contributed by atoms with Gasteiger partial charge in [-0.25, -0.2) is 0 Å². The van der Waals surface area contributed by atoms with Gasteiger partial charge < -0.3 is 5.32 Å². The van der Waals surface area contributed by atoms with Crippen LogP contribution in [-0.4, -0.2) is 21.2 Å². The van der Waals surface area contributed by atoms with Gasteiger partial charge in [-0.2, -0.15) is 0 Å². The van der Waals surface area contributed by atoms with E-state index in [2.05, 4.69) is 21.2 Å². The maximum atomic E-state index is 10.8. The van der Waals surface area contributed by atoms with E-state index in [4.69, 9.17) is 0 Å². The summed E-state index contributed by atoms with van der Waals surface area (Å²) in [5.41, 5.74) is 0. The van der Waals surface area contributed by atoms with Crippen LogP contribution >= 0.6 is 27.7 Å². The molecule has 1 N–H and O–H groups in total. The van der Waals surface area contributed by atoms with Crippen LogP contribution in [0.15, 0.2) is 0 Å². The van der Waals surface area contributed by atoms with Crippen LogP contribution in [-0.2, 0) is 9.59 Å². The third-order valence-electron chi connectivity index (χ3n) is 1.55. The molecule has 1 saturated heterocycles. The van der Waals surface area contributed by atoms with Gasteiger partial charge in [0.25, 0.3) is 11.0 Å². The fourth-order valence-electron chi connectivity index (χ4n) is 0.929. The van der Waals surface area contributed by atoms with Crippen molar-refractivity contribution in [1.82, 2.24) is 5.32 Å². The van der Waals surface area contributed by atoms with Gasteiger partial charge in [0.15, 0.2) is 0 Å². The lowest BCUT2D eigenvalue weighted by Crippen LogP contribution is -2.26. The molecule has 2 unspecified atom stereocenters. The monoisotopic (exact) mass is 251 g/mol. The van der Waals surface area contributed by atoms with Crippen molar-refractivity contribution in [2.24, 2.45) is 0 Å². The van der Waals surface area contributed by atoms with Crippen LogP contribution in [0, 0.1) is 0 Å². The molecule has 1 aliphatic heterocycles. The van der Waals surface area contributed by atoms with E-state index < -0.39 is 5.91 Å². The molecule has 0 aromatic carbocycles. The Kier molecular flexibility index (Phi) is 3.58. The quantitative estimate of drug-likeness (QED) is 0.607. The number of alkyl halides is 1. The van der Waals surface area contributed by atoms with Gasteiger partial charge in [0.05, 0.1) is 5.37 Å². The molecule has 0 radical (unpaired) electrons. The zero-order chi connectivity index (χ0) is 9.14. The van der Waals surface area contributed by atoms with E-state index in [1.165, 1.54) is 0 Å². The summed E-state index contributed by atoms with van der Waals surface area (Å²) in [4.78, 5) is 21.9. The molecule has 68 valence electrons. The van der Waals surface area contributed by atoms with Crippen molar-refractivity contribution in [2.45, 2.75) is 30.0 Å². The average molecular weight is 252 g/mol. The Morgan fingerprint density at radius 1 is 1.67 bits per heavy atom. The third kappa shape index (κ3) is 2.79. The van der Waals surface area contributed by atoms with Crippen molar-refractivity contribution < 1.29 is 9.59 Å². The first-order valence-electron chi connectivity index (χ1n) is 3.75. The summed E-state index contributed by atoms with van der Waals surface area (Å²) in [5.74, 6) is -0.452. The highest BCUT2D eigenvalue weighted by Crippen LogP contribution is 2.22. The first-order chi connectivity index (χ1) is 5.59. The molecule has 0 spiro atoms. The number of nitrogens with one attached hydrogen (secondary N) is 1. The van der Waals surface area contributed by atoms with Crippen molar-refractivity contribution >= 4 is 38.7 Å². The molecule has 0 saturated carbocycles. The van der Waals surface area contributed by atoms with Crippen molar-refractivity contribution in [3.05, 3.63) is 0 Å². The molecular weight excluding hydrogens is 242 g/mol. The third-order valence-corrected chi connectivity index (χ3v) is 3.05. The van der Waals surface area contributed by atoms with Crippen molar-refractivity contribution in [3.8, 4) is 0 Å². The molecule has 2 atom stereocenters. The highest BCUT2D eigenvalue weighted by Gasteiger charge is 2.30. The van der Waals surface area contributed by atoms with Crippen LogP contribution in [0.4, 0.5) is 0 Å². The molecule has 1 rings (SSSR count). The van der Waals surface area contributed by atoms with Crippen LogP contribution in [0.3, 0.4) is 0 Å². The van der Waals surface area contributed by atoms with Crippen molar-refractivity contribution in [1.29, 1.82) is 0 Å². The number of rotatable bonds is 3. The summed E-state index contributed by atoms with van der Waals surface area (Å²) < 4.78 is 0. The Morgan fingerprint density at radius 2 is 2.33 bits per heavy atom. The Hall–Kier alpha value is -0.0300. The number of halogens is 1. The molecule has 0 aliphatic carbocycles. The zero-order valence-electron chi connectivity index (χ0n) is 6.67. The van der Waals surface area contributed by atoms with Crippen molar-refractivity contribution in [3.63, 3.8) is 0 Å². The molecule has 0 aromatic rings. The standard InChI is InChI=1S/C7H10BrNO2S/c1-4(8)2-3-5-9-6(10)7(11)12-5/h4-5H,2-3H2,1H3,(H,9,10). The lowest BCUT2D eigenvalue weighted by molar-refractivity contribution is -0.132. The highest BCUT2D eigenvalue weighted by molar-refractivity contribution is 9.09. The topological polar surface area (TPSA) is 46.2 Å². The predicted molar refractivity (Wildman–Crippen MR) is 52.2 cm³/mol. The summed E-state index contributed by atoms with van der Waals surface area (Å²) in [6.07, 6.45) is 1.81. The van der Waals surface area contributed by atoms with Gasteiger partial charge in [-0.15, -0.1) is 0 Å². The molecule has 0 aromatic heterocycles. The molecule has 12 heavy (non-hydrogen) atoms. The minimum atomic E-state index is -0.452. The highest BCUT2D eigenvalue weighted by atomic mass is 79.9. The van der Waals surface area contributed by atoms with Gasteiger partial charge in [-0.05, 0) is 12.8 Å². The molecule has 1 fully saturated rings. The normalized spacial score (nSPS) is 25.7. The van der Waals surface area contributed by atoms with E-state index in [1.807, 2.05) is 6.92 Å². The molecule has 1 heterocycles. The number of thioether (sulfide) groups is 1. The van der Waals surface area contributed by atoms with Gasteiger partial charge in [-0.1, -0.05) is 34.6 Å². The number of carbonyl (C=O) groups is 2. The molecule has 1 amide bonds. The molecule has 0 bridgehead atoms. The van der Waals surface area contributed by atoms with E-state index in [1.54, 1.807) is 0 Å². The largest absolute Gasteiger partial charge is 0.336 e. The van der Waals surface area contributed by atoms with E-state index in [9.17, 15) is 9.59 Å². The molecule has 3 nitrogen and oxygen atoms in total. The maximum Gasteiger partial charge on any atom is 0.299 e.